The monoisotopic (exact) mass is 288 g/mol. The molecule has 1 aromatic heterocycles. The third kappa shape index (κ3) is 2.44. The van der Waals surface area contributed by atoms with Crippen LogP contribution in [0.15, 0.2) is 16.5 Å². The molecule has 3 atom stereocenters. The van der Waals surface area contributed by atoms with Crippen LogP contribution in [0.2, 0.25) is 5.22 Å². The van der Waals surface area contributed by atoms with E-state index in [9.17, 15) is 5.11 Å². The van der Waals surface area contributed by atoms with Gasteiger partial charge in [0.25, 0.3) is 0 Å². The van der Waals surface area contributed by atoms with E-state index in [0.29, 0.717) is 11.0 Å². The zero-order valence-corrected chi connectivity index (χ0v) is 11.7. The van der Waals surface area contributed by atoms with Crippen molar-refractivity contribution in [2.75, 3.05) is 18.1 Å². The molecule has 0 bridgehead atoms. The summed E-state index contributed by atoms with van der Waals surface area (Å²) in [7, 11) is 0. The quantitative estimate of drug-likeness (QED) is 0.907. The van der Waals surface area contributed by atoms with Gasteiger partial charge in [-0.05, 0) is 54.7 Å². The molecule has 1 aromatic rings. The van der Waals surface area contributed by atoms with Crippen LogP contribution >= 0.6 is 23.4 Å². The Labute approximate surface area is 116 Å². The molecule has 1 N–H and O–H groups in total. The zero-order valence-electron chi connectivity index (χ0n) is 10.1. The van der Waals surface area contributed by atoms with Crippen LogP contribution in [-0.2, 0) is 4.74 Å². The minimum Gasteiger partial charge on any atom is -0.447 e. The highest BCUT2D eigenvalue weighted by Crippen LogP contribution is 2.44. The number of ether oxygens (including phenoxy) is 1. The number of aliphatic hydroxyl groups is 1. The summed E-state index contributed by atoms with van der Waals surface area (Å²) in [5, 5.41) is 10.7. The van der Waals surface area contributed by atoms with Crippen molar-refractivity contribution in [1.82, 2.24) is 0 Å². The number of thioether (sulfide) groups is 1. The lowest BCUT2D eigenvalue weighted by atomic mass is 9.81. The maximum absolute atomic E-state index is 10.4. The van der Waals surface area contributed by atoms with Crippen LogP contribution in [-0.4, -0.2) is 28.8 Å². The van der Waals surface area contributed by atoms with Crippen LogP contribution in [0.1, 0.15) is 31.1 Å². The summed E-state index contributed by atoms with van der Waals surface area (Å²) in [6.45, 7) is 0.733. The molecule has 3 heterocycles. The summed E-state index contributed by atoms with van der Waals surface area (Å²) in [6, 6.07) is 3.44. The summed E-state index contributed by atoms with van der Waals surface area (Å²) >= 11 is 7.70. The van der Waals surface area contributed by atoms with Gasteiger partial charge in [-0.25, -0.2) is 0 Å². The molecular weight excluding hydrogens is 272 g/mol. The predicted octanol–water partition coefficient (Wildman–Crippen LogP) is 3.27. The van der Waals surface area contributed by atoms with Crippen LogP contribution in [0.3, 0.4) is 0 Å². The van der Waals surface area contributed by atoms with E-state index in [1.807, 2.05) is 11.8 Å². The number of furan rings is 1. The van der Waals surface area contributed by atoms with E-state index in [2.05, 4.69) is 0 Å². The molecule has 2 aliphatic rings. The Balaban J connectivity index is 1.72. The molecular formula is C13H17ClO3S. The first-order valence-corrected chi connectivity index (χ1v) is 7.87. The fourth-order valence-corrected chi connectivity index (χ4v) is 4.45. The summed E-state index contributed by atoms with van der Waals surface area (Å²) in [4.78, 5) is 0. The summed E-state index contributed by atoms with van der Waals surface area (Å²) < 4.78 is 11.3. The van der Waals surface area contributed by atoms with Crippen molar-refractivity contribution in [1.29, 1.82) is 0 Å². The van der Waals surface area contributed by atoms with Crippen molar-refractivity contribution in [3.8, 4) is 0 Å². The van der Waals surface area contributed by atoms with Crippen molar-refractivity contribution in [2.24, 2.45) is 5.92 Å². The highest BCUT2D eigenvalue weighted by atomic mass is 35.5. The molecule has 3 unspecified atom stereocenters. The van der Waals surface area contributed by atoms with Crippen molar-refractivity contribution >= 4 is 23.4 Å². The third-order valence-corrected chi connectivity index (χ3v) is 5.36. The van der Waals surface area contributed by atoms with Crippen LogP contribution in [0, 0.1) is 5.92 Å². The summed E-state index contributed by atoms with van der Waals surface area (Å²) in [5.74, 6) is 3.00. The van der Waals surface area contributed by atoms with Crippen molar-refractivity contribution in [3.05, 3.63) is 23.1 Å². The van der Waals surface area contributed by atoms with E-state index in [-0.39, 0.29) is 11.5 Å². The first kappa shape index (κ1) is 12.9. The topological polar surface area (TPSA) is 42.6 Å². The van der Waals surface area contributed by atoms with Gasteiger partial charge in [-0.3, -0.25) is 0 Å². The van der Waals surface area contributed by atoms with Crippen LogP contribution in [0.25, 0.3) is 0 Å². The van der Waals surface area contributed by atoms with Gasteiger partial charge in [-0.15, -0.1) is 0 Å². The zero-order chi connectivity index (χ0) is 12.6. The van der Waals surface area contributed by atoms with Gasteiger partial charge in [-0.2, -0.15) is 11.8 Å². The number of rotatable bonds is 2. The van der Waals surface area contributed by atoms with Crippen LogP contribution in [0.5, 0.6) is 0 Å². The van der Waals surface area contributed by atoms with Crippen molar-refractivity contribution < 1.29 is 14.3 Å². The van der Waals surface area contributed by atoms with Gasteiger partial charge >= 0.3 is 0 Å². The Morgan fingerprint density at radius 2 is 2.39 bits per heavy atom. The molecule has 0 saturated carbocycles. The molecule has 5 heteroatoms. The minimum absolute atomic E-state index is 0.00898. The number of hydrogen-bond acceptors (Lipinski definition) is 4. The number of halogens is 1. The normalized spacial score (nSPS) is 34.0. The second kappa shape index (κ2) is 5.08. The van der Waals surface area contributed by atoms with E-state index in [1.165, 1.54) is 0 Å². The molecule has 2 saturated heterocycles. The van der Waals surface area contributed by atoms with Crippen LogP contribution < -0.4 is 0 Å². The molecule has 2 aliphatic heterocycles. The smallest absolute Gasteiger partial charge is 0.193 e. The van der Waals surface area contributed by atoms with Crippen LogP contribution in [0.4, 0.5) is 0 Å². The highest BCUT2D eigenvalue weighted by Gasteiger charge is 2.42. The van der Waals surface area contributed by atoms with E-state index in [0.717, 1.165) is 37.4 Å². The standard InChI is InChI=1S/C13H17ClO3S/c14-11-2-1-10(17-11)12(15)9-3-5-16-13(7-9)4-6-18-8-13/h1-2,9,12,15H,3-8H2. The molecule has 100 valence electrons. The molecule has 1 spiro atoms. The molecule has 3 rings (SSSR count). The second-order valence-electron chi connectivity index (χ2n) is 5.17. The maximum atomic E-state index is 10.4. The molecule has 0 radical (unpaired) electrons. The molecule has 2 fully saturated rings. The summed E-state index contributed by atoms with van der Waals surface area (Å²) in [6.07, 6.45) is 2.33. The SMILES string of the molecule is OC(c1ccc(Cl)o1)C1CCOC2(CCSC2)C1. The fraction of sp³-hybridized carbons (Fsp3) is 0.692. The molecule has 18 heavy (non-hydrogen) atoms. The minimum atomic E-state index is -0.566. The second-order valence-corrected chi connectivity index (χ2v) is 6.65. The lowest BCUT2D eigenvalue weighted by Gasteiger charge is -2.39. The van der Waals surface area contributed by atoms with E-state index < -0.39 is 6.10 Å². The lowest BCUT2D eigenvalue weighted by Crippen LogP contribution is -2.41. The van der Waals surface area contributed by atoms with Gasteiger partial charge in [0.2, 0.25) is 0 Å². The Kier molecular flexibility index (Phi) is 3.63. The van der Waals surface area contributed by atoms with Gasteiger partial charge in [0.05, 0.1) is 5.60 Å². The fourth-order valence-electron chi connectivity index (χ4n) is 2.92. The van der Waals surface area contributed by atoms with E-state index >= 15 is 0 Å². The van der Waals surface area contributed by atoms with Crippen molar-refractivity contribution in [2.45, 2.75) is 31.0 Å². The van der Waals surface area contributed by atoms with Gasteiger partial charge in [-0.1, -0.05) is 0 Å². The average Bonchev–Trinajstić information content (AvgIpc) is 2.98. The first-order valence-electron chi connectivity index (χ1n) is 6.34. The first-order chi connectivity index (χ1) is 8.69. The molecule has 0 aliphatic carbocycles. The van der Waals surface area contributed by atoms with E-state index in [4.69, 9.17) is 20.8 Å². The molecule has 0 aromatic carbocycles. The van der Waals surface area contributed by atoms with Gasteiger partial charge in [0.1, 0.15) is 11.9 Å². The Hall–Kier alpha value is -0.160. The lowest BCUT2D eigenvalue weighted by molar-refractivity contribution is -0.104. The largest absolute Gasteiger partial charge is 0.447 e. The average molecular weight is 289 g/mol. The Morgan fingerprint density at radius 3 is 3.06 bits per heavy atom. The Bertz CT molecular complexity index is 414. The van der Waals surface area contributed by atoms with Gasteiger partial charge < -0.3 is 14.3 Å². The van der Waals surface area contributed by atoms with E-state index in [1.54, 1.807) is 12.1 Å². The number of aliphatic hydroxyl groups excluding tert-OH is 1. The number of hydrogen-bond donors (Lipinski definition) is 1. The maximum Gasteiger partial charge on any atom is 0.193 e. The predicted molar refractivity (Wildman–Crippen MR) is 72.0 cm³/mol. The van der Waals surface area contributed by atoms with Gasteiger partial charge in [0.15, 0.2) is 5.22 Å². The molecule has 0 amide bonds. The third-order valence-electron chi connectivity index (χ3n) is 3.93. The summed E-state index contributed by atoms with van der Waals surface area (Å²) in [5.41, 5.74) is -0.00898. The van der Waals surface area contributed by atoms with Crippen molar-refractivity contribution in [3.63, 3.8) is 0 Å². The highest BCUT2D eigenvalue weighted by molar-refractivity contribution is 7.99. The Morgan fingerprint density at radius 1 is 1.50 bits per heavy atom. The van der Waals surface area contributed by atoms with Gasteiger partial charge in [0, 0.05) is 12.4 Å². The molecule has 3 nitrogen and oxygen atoms in total.